The van der Waals surface area contributed by atoms with E-state index in [4.69, 9.17) is 0 Å². The summed E-state index contributed by atoms with van der Waals surface area (Å²) in [5.74, 6) is -0.656. The zero-order valence-corrected chi connectivity index (χ0v) is 8.63. The summed E-state index contributed by atoms with van der Waals surface area (Å²) >= 11 is 0. The molecule has 2 aromatic rings. The van der Waals surface area contributed by atoms with Crippen LogP contribution in [0.3, 0.4) is 0 Å². The molecule has 0 saturated carbocycles. The van der Waals surface area contributed by atoms with E-state index in [0.717, 1.165) is 6.07 Å². The van der Waals surface area contributed by atoms with Gasteiger partial charge >= 0.3 is 12.1 Å². The van der Waals surface area contributed by atoms with Crippen LogP contribution in [0.5, 0.6) is 0 Å². The SMILES string of the molecule is COC(=O)c1cc2cc(C(F)(F)F)cnc2[nH]1. The van der Waals surface area contributed by atoms with Crippen LogP contribution >= 0.6 is 0 Å². The molecule has 0 radical (unpaired) electrons. The fourth-order valence-electron chi connectivity index (χ4n) is 1.39. The van der Waals surface area contributed by atoms with E-state index in [9.17, 15) is 18.0 Å². The van der Waals surface area contributed by atoms with Crippen LogP contribution in [0.4, 0.5) is 13.2 Å². The van der Waals surface area contributed by atoms with Gasteiger partial charge in [0, 0.05) is 11.6 Å². The summed E-state index contributed by atoms with van der Waals surface area (Å²) in [5, 5.41) is 0.209. The van der Waals surface area contributed by atoms with Gasteiger partial charge in [-0.2, -0.15) is 13.2 Å². The van der Waals surface area contributed by atoms with Gasteiger partial charge in [0.15, 0.2) is 0 Å². The monoisotopic (exact) mass is 244 g/mol. The van der Waals surface area contributed by atoms with Gasteiger partial charge in [0.25, 0.3) is 0 Å². The van der Waals surface area contributed by atoms with E-state index in [2.05, 4.69) is 14.7 Å². The number of alkyl halides is 3. The molecule has 0 spiro atoms. The first kappa shape index (κ1) is 11.4. The van der Waals surface area contributed by atoms with Crippen molar-refractivity contribution >= 4 is 17.0 Å². The predicted molar refractivity (Wildman–Crippen MR) is 52.4 cm³/mol. The Morgan fingerprint density at radius 1 is 1.41 bits per heavy atom. The molecule has 2 aromatic heterocycles. The molecule has 0 aromatic carbocycles. The van der Waals surface area contributed by atoms with E-state index < -0.39 is 17.7 Å². The number of nitrogens with zero attached hydrogens (tertiary/aromatic N) is 1. The summed E-state index contributed by atoms with van der Waals surface area (Å²) < 4.78 is 41.7. The van der Waals surface area contributed by atoms with Crippen LogP contribution in [0.2, 0.25) is 0 Å². The quantitative estimate of drug-likeness (QED) is 0.783. The van der Waals surface area contributed by atoms with Crippen LogP contribution in [0.1, 0.15) is 16.1 Å². The molecular weight excluding hydrogens is 237 g/mol. The van der Waals surface area contributed by atoms with Gasteiger partial charge in [-0.05, 0) is 12.1 Å². The van der Waals surface area contributed by atoms with Crippen molar-refractivity contribution < 1.29 is 22.7 Å². The molecule has 90 valence electrons. The Kier molecular flexibility index (Phi) is 2.53. The third-order valence-electron chi connectivity index (χ3n) is 2.20. The van der Waals surface area contributed by atoms with Crippen LogP contribution < -0.4 is 0 Å². The first-order chi connectivity index (χ1) is 7.91. The van der Waals surface area contributed by atoms with E-state index in [1.165, 1.54) is 13.2 Å². The Balaban J connectivity index is 2.52. The fourth-order valence-corrected chi connectivity index (χ4v) is 1.39. The molecule has 0 bridgehead atoms. The first-order valence-corrected chi connectivity index (χ1v) is 4.56. The lowest BCUT2D eigenvalue weighted by Gasteiger charge is -2.04. The number of fused-ring (bicyclic) bond motifs is 1. The van der Waals surface area contributed by atoms with Crippen LogP contribution in [-0.2, 0) is 10.9 Å². The number of H-pyrrole nitrogens is 1. The molecule has 2 heterocycles. The highest BCUT2D eigenvalue weighted by Crippen LogP contribution is 2.30. The molecule has 4 nitrogen and oxygen atoms in total. The summed E-state index contributed by atoms with van der Waals surface area (Å²) in [5.41, 5.74) is -0.590. The van der Waals surface area contributed by atoms with Gasteiger partial charge in [-0.15, -0.1) is 0 Å². The summed E-state index contributed by atoms with van der Waals surface area (Å²) in [6, 6.07) is 2.19. The summed E-state index contributed by atoms with van der Waals surface area (Å²) in [4.78, 5) is 17.3. The number of rotatable bonds is 1. The number of carbonyl (C=O) groups excluding carboxylic acids is 1. The number of aromatic amines is 1. The second-order valence-corrected chi connectivity index (χ2v) is 3.33. The Morgan fingerprint density at radius 3 is 2.71 bits per heavy atom. The standard InChI is InChI=1S/C10H7F3N2O2/c1-17-9(16)7-3-5-2-6(10(11,12)13)4-14-8(5)15-7/h2-4H,1H3,(H,14,15). The number of halogens is 3. The zero-order valence-electron chi connectivity index (χ0n) is 8.63. The third kappa shape index (κ3) is 2.08. The molecular formula is C10H7F3N2O2. The molecule has 0 amide bonds. The maximum atomic E-state index is 12.4. The smallest absolute Gasteiger partial charge is 0.417 e. The highest BCUT2D eigenvalue weighted by atomic mass is 19.4. The Labute approximate surface area is 93.4 Å². The van der Waals surface area contributed by atoms with E-state index >= 15 is 0 Å². The van der Waals surface area contributed by atoms with Crippen molar-refractivity contribution in [3.05, 3.63) is 29.6 Å². The van der Waals surface area contributed by atoms with Crippen molar-refractivity contribution in [2.45, 2.75) is 6.18 Å². The van der Waals surface area contributed by atoms with E-state index in [1.807, 2.05) is 0 Å². The number of hydrogen-bond donors (Lipinski definition) is 1. The van der Waals surface area contributed by atoms with Crippen molar-refractivity contribution in [3.8, 4) is 0 Å². The van der Waals surface area contributed by atoms with E-state index in [-0.39, 0.29) is 16.7 Å². The molecule has 0 fully saturated rings. The Hall–Kier alpha value is -2.05. The number of hydrogen-bond acceptors (Lipinski definition) is 3. The van der Waals surface area contributed by atoms with Crippen molar-refractivity contribution in [3.63, 3.8) is 0 Å². The maximum absolute atomic E-state index is 12.4. The topological polar surface area (TPSA) is 55.0 Å². The minimum atomic E-state index is -4.45. The molecule has 7 heteroatoms. The van der Waals surface area contributed by atoms with Crippen molar-refractivity contribution in [2.24, 2.45) is 0 Å². The van der Waals surface area contributed by atoms with Crippen LogP contribution in [0.25, 0.3) is 11.0 Å². The fraction of sp³-hybridized carbons (Fsp3) is 0.200. The number of ether oxygens (including phenoxy) is 1. The second kappa shape index (κ2) is 3.76. The highest BCUT2D eigenvalue weighted by molar-refractivity contribution is 5.93. The number of esters is 1. The largest absolute Gasteiger partial charge is 0.464 e. The lowest BCUT2D eigenvalue weighted by Crippen LogP contribution is -2.04. The van der Waals surface area contributed by atoms with Crippen LogP contribution in [0, 0.1) is 0 Å². The van der Waals surface area contributed by atoms with Gasteiger partial charge in [0.1, 0.15) is 11.3 Å². The first-order valence-electron chi connectivity index (χ1n) is 4.56. The lowest BCUT2D eigenvalue weighted by atomic mass is 10.2. The van der Waals surface area contributed by atoms with Crippen molar-refractivity contribution in [1.29, 1.82) is 0 Å². The van der Waals surface area contributed by atoms with Crippen LogP contribution in [-0.4, -0.2) is 23.0 Å². The zero-order chi connectivity index (χ0) is 12.6. The number of nitrogens with one attached hydrogen (secondary N) is 1. The normalized spacial score (nSPS) is 11.8. The van der Waals surface area contributed by atoms with E-state index in [1.54, 1.807) is 0 Å². The van der Waals surface area contributed by atoms with Crippen molar-refractivity contribution in [2.75, 3.05) is 7.11 Å². The second-order valence-electron chi connectivity index (χ2n) is 3.33. The van der Waals surface area contributed by atoms with Crippen LogP contribution in [0.15, 0.2) is 18.3 Å². The van der Waals surface area contributed by atoms with Gasteiger partial charge < -0.3 is 9.72 Å². The van der Waals surface area contributed by atoms with Gasteiger partial charge in [-0.3, -0.25) is 0 Å². The Bertz CT molecular complexity index is 574. The molecule has 0 unspecified atom stereocenters. The molecule has 0 saturated heterocycles. The molecule has 1 N–H and O–H groups in total. The van der Waals surface area contributed by atoms with E-state index in [0.29, 0.717) is 6.20 Å². The summed E-state index contributed by atoms with van der Waals surface area (Å²) in [6.45, 7) is 0. The predicted octanol–water partition coefficient (Wildman–Crippen LogP) is 2.37. The van der Waals surface area contributed by atoms with Gasteiger partial charge in [0.2, 0.25) is 0 Å². The molecule has 17 heavy (non-hydrogen) atoms. The summed E-state index contributed by atoms with van der Waals surface area (Å²) in [7, 11) is 1.18. The minimum Gasteiger partial charge on any atom is -0.464 e. The Morgan fingerprint density at radius 2 is 2.12 bits per heavy atom. The van der Waals surface area contributed by atoms with Gasteiger partial charge in [-0.1, -0.05) is 0 Å². The number of pyridine rings is 1. The molecule has 0 atom stereocenters. The minimum absolute atomic E-state index is 0.0642. The number of methoxy groups -OCH3 is 1. The maximum Gasteiger partial charge on any atom is 0.417 e. The third-order valence-corrected chi connectivity index (χ3v) is 2.20. The molecule has 0 aliphatic heterocycles. The summed E-state index contributed by atoms with van der Waals surface area (Å²) in [6.07, 6.45) is -3.75. The molecule has 0 aliphatic carbocycles. The lowest BCUT2D eigenvalue weighted by molar-refractivity contribution is -0.137. The molecule has 0 aliphatic rings. The van der Waals surface area contributed by atoms with Crippen molar-refractivity contribution in [1.82, 2.24) is 9.97 Å². The number of carbonyl (C=O) groups is 1. The average molecular weight is 244 g/mol. The molecule has 2 rings (SSSR count). The average Bonchev–Trinajstić information content (AvgIpc) is 2.69. The number of aromatic nitrogens is 2. The van der Waals surface area contributed by atoms with Gasteiger partial charge in [0.05, 0.1) is 12.7 Å². The highest BCUT2D eigenvalue weighted by Gasteiger charge is 2.31. The van der Waals surface area contributed by atoms with Gasteiger partial charge in [-0.25, -0.2) is 9.78 Å².